The fraction of sp³-hybridized carbons (Fsp3) is 0.818. The van der Waals surface area contributed by atoms with E-state index in [4.69, 9.17) is 4.74 Å². The number of Topliss-reactive ketones (excluding diaryl/α,β-unsaturated/α-hetero) is 1. The molecular formula is C11H16O3. The molecule has 4 atom stereocenters. The Bertz CT molecular complexity index is 249. The lowest BCUT2D eigenvalue weighted by atomic mass is 9.88. The summed E-state index contributed by atoms with van der Waals surface area (Å²) < 4.78 is 4.98. The van der Waals surface area contributed by atoms with Gasteiger partial charge in [-0.1, -0.05) is 0 Å². The van der Waals surface area contributed by atoms with Gasteiger partial charge in [-0.25, -0.2) is 0 Å². The molecule has 2 aliphatic carbocycles. The van der Waals surface area contributed by atoms with Crippen LogP contribution in [-0.4, -0.2) is 18.4 Å². The van der Waals surface area contributed by atoms with E-state index < -0.39 is 0 Å². The molecule has 0 aromatic heterocycles. The van der Waals surface area contributed by atoms with Gasteiger partial charge in [-0.3, -0.25) is 9.59 Å². The Balaban J connectivity index is 2.01. The highest BCUT2D eigenvalue weighted by Gasteiger charge is 2.45. The topological polar surface area (TPSA) is 43.4 Å². The van der Waals surface area contributed by atoms with Gasteiger partial charge in [0.15, 0.2) is 0 Å². The summed E-state index contributed by atoms with van der Waals surface area (Å²) in [7, 11) is 0. The highest BCUT2D eigenvalue weighted by Crippen LogP contribution is 2.47. The van der Waals surface area contributed by atoms with E-state index in [1.807, 2.05) is 6.92 Å². The third-order valence-electron chi connectivity index (χ3n) is 3.85. The largest absolute Gasteiger partial charge is 0.465 e. The summed E-state index contributed by atoms with van der Waals surface area (Å²) in [4.78, 5) is 21.5. The molecule has 0 radical (unpaired) electrons. The van der Waals surface area contributed by atoms with Crippen LogP contribution in [0.15, 0.2) is 0 Å². The highest BCUT2D eigenvalue weighted by molar-refractivity contribution is 5.81. The lowest BCUT2D eigenvalue weighted by molar-refractivity contribution is -0.135. The van der Waals surface area contributed by atoms with Crippen LogP contribution in [0.3, 0.4) is 0 Å². The van der Waals surface area contributed by atoms with Crippen LogP contribution in [0.2, 0.25) is 0 Å². The standard InChI is InChI=1S/C11H16O3/c1-7(14-6-12)10-3-2-8-4-9(13)5-11(8)10/h6-8,10-11H,2-5H2,1H3. The van der Waals surface area contributed by atoms with Crippen LogP contribution < -0.4 is 0 Å². The number of fused-ring (bicyclic) bond motifs is 1. The van der Waals surface area contributed by atoms with E-state index in [0.717, 1.165) is 19.3 Å². The molecule has 2 saturated carbocycles. The molecule has 0 aromatic rings. The van der Waals surface area contributed by atoms with Crippen molar-refractivity contribution in [3.63, 3.8) is 0 Å². The Morgan fingerprint density at radius 2 is 2.21 bits per heavy atom. The lowest BCUT2D eigenvalue weighted by Gasteiger charge is -2.23. The molecule has 78 valence electrons. The summed E-state index contributed by atoms with van der Waals surface area (Å²) in [6.45, 7) is 2.46. The smallest absolute Gasteiger partial charge is 0.293 e. The first-order valence-corrected chi connectivity index (χ1v) is 5.33. The van der Waals surface area contributed by atoms with Crippen molar-refractivity contribution in [3.8, 4) is 0 Å². The Labute approximate surface area is 83.8 Å². The summed E-state index contributed by atoms with van der Waals surface area (Å²) >= 11 is 0. The number of ether oxygens (including phenoxy) is 1. The minimum atomic E-state index is -0.0200. The Kier molecular flexibility index (Phi) is 2.57. The van der Waals surface area contributed by atoms with Crippen molar-refractivity contribution >= 4 is 12.3 Å². The zero-order chi connectivity index (χ0) is 10.1. The van der Waals surface area contributed by atoms with E-state index in [1.54, 1.807) is 0 Å². The van der Waals surface area contributed by atoms with Crippen molar-refractivity contribution in [3.05, 3.63) is 0 Å². The highest BCUT2D eigenvalue weighted by atomic mass is 16.5. The minimum absolute atomic E-state index is 0.0200. The van der Waals surface area contributed by atoms with Gasteiger partial charge in [-0.15, -0.1) is 0 Å². The van der Waals surface area contributed by atoms with Crippen molar-refractivity contribution < 1.29 is 14.3 Å². The first kappa shape index (κ1) is 9.69. The summed E-state index contributed by atoms with van der Waals surface area (Å²) in [5.74, 6) is 1.86. The van der Waals surface area contributed by atoms with Gasteiger partial charge in [-0.2, -0.15) is 0 Å². The van der Waals surface area contributed by atoms with Crippen molar-refractivity contribution in [2.75, 3.05) is 0 Å². The van der Waals surface area contributed by atoms with Crippen molar-refractivity contribution in [1.82, 2.24) is 0 Å². The monoisotopic (exact) mass is 196 g/mol. The van der Waals surface area contributed by atoms with Crippen LogP contribution in [0.4, 0.5) is 0 Å². The predicted molar refractivity (Wildman–Crippen MR) is 50.6 cm³/mol. The second kappa shape index (κ2) is 3.71. The summed E-state index contributed by atoms with van der Waals surface area (Å²) in [6, 6.07) is 0. The van der Waals surface area contributed by atoms with E-state index >= 15 is 0 Å². The SMILES string of the molecule is CC(OC=O)C1CCC2CC(=O)CC21. The molecule has 0 spiro atoms. The van der Waals surface area contributed by atoms with Gasteiger partial charge < -0.3 is 4.74 Å². The van der Waals surface area contributed by atoms with Crippen LogP contribution in [0.5, 0.6) is 0 Å². The zero-order valence-corrected chi connectivity index (χ0v) is 8.44. The number of hydrogen-bond acceptors (Lipinski definition) is 3. The third-order valence-corrected chi connectivity index (χ3v) is 3.85. The summed E-state index contributed by atoms with van der Waals surface area (Å²) in [5, 5.41) is 0. The molecule has 0 bridgehead atoms. The average Bonchev–Trinajstić information content (AvgIpc) is 2.62. The van der Waals surface area contributed by atoms with E-state index in [0.29, 0.717) is 36.4 Å². The van der Waals surface area contributed by atoms with Gasteiger partial charge in [0.05, 0.1) is 0 Å². The second-order valence-electron chi connectivity index (χ2n) is 4.55. The molecule has 14 heavy (non-hydrogen) atoms. The van der Waals surface area contributed by atoms with Gasteiger partial charge in [0.25, 0.3) is 6.47 Å². The average molecular weight is 196 g/mol. The number of carbonyl (C=O) groups excluding carboxylic acids is 2. The van der Waals surface area contributed by atoms with Gasteiger partial charge >= 0.3 is 0 Å². The fourth-order valence-corrected chi connectivity index (χ4v) is 3.17. The number of carbonyl (C=O) groups is 2. The molecule has 0 heterocycles. The van der Waals surface area contributed by atoms with Gasteiger partial charge in [0.2, 0.25) is 0 Å². The van der Waals surface area contributed by atoms with Gasteiger partial charge in [0, 0.05) is 12.8 Å². The van der Waals surface area contributed by atoms with Crippen LogP contribution in [0, 0.1) is 17.8 Å². The Morgan fingerprint density at radius 3 is 2.93 bits per heavy atom. The van der Waals surface area contributed by atoms with Crippen molar-refractivity contribution in [1.29, 1.82) is 0 Å². The van der Waals surface area contributed by atoms with E-state index in [2.05, 4.69) is 0 Å². The Morgan fingerprint density at radius 1 is 1.43 bits per heavy atom. The maximum atomic E-state index is 11.3. The molecule has 0 aromatic carbocycles. The predicted octanol–water partition coefficient (Wildman–Crippen LogP) is 1.55. The maximum absolute atomic E-state index is 11.3. The summed E-state index contributed by atoms with van der Waals surface area (Å²) in [5.41, 5.74) is 0. The molecule has 2 aliphatic rings. The molecule has 4 unspecified atom stereocenters. The van der Waals surface area contributed by atoms with Gasteiger partial charge in [0.1, 0.15) is 11.9 Å². The lowest BCUT2D eigenvalue weighted by Crippen LogP contribution is -2.24. The van der Waals surface area contributed by atoms with E-state index in [1.165, 1.54) is 0 Å². The first-order valence-electron chi connectivity index (χ1n) is 5.33. The van der Waals surface area contributed by atoms with Crippen LogP contribution >= 0.6 is 0 Å². The van der Waals surface area contributed by atoms with Crippen molar-refractivity contribution in [2.24, 2.45) is 17.8 Å². The summed E-state index contributed by atoms with van der Waals surface area (Å²) in [6.07, 6.45) is 3.69. The molecular weight excluding hydrogens is 180 g/mol. The van der Waals surface area contributed by atoms with Crippen LogP contribution in [-0.2, 0) is 14.3 Å². The normalized spacial score (nSPS) is 38.1. The molecule has 3 nitrogen and oxygen atoms in total. The maximum Gasteiger partial charge on any atom is 0.293 e. The number of ketones is 1. The zero-order valence-electron chi connectivity index (χ0n) is 8.44. The van der Waals surface area contributed by atoms with Gasteiger partial charge in [-0.05, 0) is 37.5 Å². The molecule has 2 rings (SSSR count). The third kappa shape index (κ3) is 1.56. The van der Waals surface area contributed by atoms with Crippen LogP contribution in [0.1, 0.15) is 32.6 Å². The molecule has 0 amide bonds. The Hall–Kier alpha value is -0.860. The van der Waals surface area contributed by atoms with E-state index in [9.17, 15) is 9.59 Å². The van der Waals surface area contributed by atoms with Crippen molar-refractivity contribution in [2.45, 2.75) is 38.7 Å². The quantitative estimate of drug-likeness (QED) is 0.643. The molecule has 3 heteroatoms. The van der Waals surface area contributed by atoms with E-state index in [-0.39, 0.29) is 6.10 Å². The second-order valence-corrected chi connectivity index (χ2v) is 4.55. The molecule has 2 fully saturated rings. The number of hydrogen-bond donors (Lipinski definition) is 0. The first-order chi connectivity index (χ1) is 6.72. The minimum Gasteiger partial charge on any atom is -0.465 e. The van der Waals surface area contributed by atoms with Crippen LogP contribution in [0.25, 0.3) is 0 Å². The molecule has 0 N–H and O–H groups in total. The molecule has 0 aliphatic heterocycles. The molecule has 0 saturated heterocycles. The fourth-order valence-electron chi connectivity index (χ4n) is 3.17. The number of rotatable bonds is 3.